The summed E-state index contributed by atoms with van der Waals surface area (Å²) in [6.45, 7) is 4.61. The fraction of sp³-hybridized carbons (Fsp3) is 0.462. The first-order valence-corrected chi connectivity index (χ1v) is 5.66. The van der Waals surface area contributed by atoms with Crippen molar-refractivity contribution in [3.8, 4) is 5.75 Å². The number of benzene rings is 1. The molecule has 0 aliphatic carbocycles. The molecule has 0 aromatic heterocycles. The number of hydrogen-bond donors (Lipinski definition) is 1. The molecule has 0 saturated carbocycles. The number of rotatable bonds is 6. The third kappa shape index (κ3) is 4.43. The van der Waals surface area contributed by atoms with Crippen molar-refractivity contribution in [2.75, 3.05) is 6.61 Å². The molecule has 0 aliphatic heterocycles. The molecule has 0 atom stereocenters. The van der Waals surface area contributed by atoms with Crippen molar-refractivity contribution < 1.29 is 19.0 Å². The summed E-state index contributed by atoms with van der Waals surface area (Å²) in [5.41, 5.74) is 0.0326. The molecule has 0 unspecified atom stereocenters. The second kappa shape index (κ2) is 6.23. The van der Waals surface area contributed by atoms with Crippen molar-refractivity contribution in [1.29, 1.82) is 0 Å². The van der Waals surface area contributed by atoms with Gasteiger partial charge in [-0.1, -0.05) is 13.8 Å². The zero-order chi connectivity index (χ0) is 12.8. The van der Waals surface area contributed by atoms with Crippen LogP contribution in [0.2, 0.25) is 0 Å². The predicted molar refractivity (Wildman–Crippen MR) is 62.9 cm³/mol. The Kier molecular flexibility index (Phi) is 4.94. The number of carboxylic acids is 1. The van der Waals surface area contributed by atoms with Crippen LogP contribution in [0.15, 0.2) is 18.2 Å². The van der Waals surface area contributed by atoms with E-state index in [1.165, 1.54) is 12.1 Å². The summed E-state index contributed by atoms with van der Waals surface area (Å²) in [5.74, 6) is -1.03. The summed E-state index contributed by atoms with van der Waals surface area (Å²) in [6.07, 6.45) is 1.83. The Morgan fingerprint density at radius 3 is 2.76 bits per heavy atom. The fourth-order valence-corrected chi connectivity index (χ4v) is 1.42. The van der Waals surface area contributed by atoms with E-state index in [2.05, 4.69) is 13.8 Å². The molecular weight excluding hydrogens is 223 g/mol. The smallest absolute Gasteiger partial charge is 0.335 e. The average molecular weight is 240 g/mol. The summed E-state index contributed by atoms with van der Waals surface area (Å²) in [4.78, 5) is 10.7. The monoisotopic (exact) mass is 240 g/mol. The Morgan fingerprint density at radius 2 is 2.18 bits per heavy atom. The molecule has 1 aromatic carbocycles. The van der Waals surface area contributed by atoms with Gasteiger partial charge < -0.3 is 9.84 Å². The fourth-order valence-electron chi connectivity index (χ4n) is 1.42. The second-order valence-corrected chi connectivity index (χ2v) is 4.33. The number of hydrogen-bond acceptors (Lipinski definition) is 2. The van der Waals surface area contributed by atoms with Crippen molar-refractivity contribution in [3.63, 3.8) is 0 Å². The van der Waals surface area contributed by atoms with Gasteiger partial charge in [0.05, 0.1) is 12.2 Å². The van der Waals surface area contributed by atoms with Crippen molar-refractivity contribution in [1.82, 2.24) is 0 Å². The summed E-state index contributed by atoms with van der Waals surface area (Å²) in [7, 11) is 0. The first-order chi connectivity index (χ1) is 8.00. The van der Waals surface area contributed by atoms with E-state index < -0.39 is 11.8 Å². The summed E-state index contributed by atoms with van der Waals surface area (Å²) in [5, 5.41) is 8.77. The third-order valence-electron chi connectivity index (χ3n) is 2.36. The normalized spacial score (nSPS) is 10.6. The van der Waals surface area contributed by atoms with E-state index in [1.807, 2.05) is 0 Å². The largest absolute Gasteiger partial charge is 0.490 e. The van der Waals surface area contributed by atoms with Gasteiger partial charge in [0.15, 0.2) is 11.6 Å². The number of aromatic carboxylic acids is 1. The van der Waals surface area contributed by atoms with Gasteiger partial charge in [0, 0.05) is 0 Å². The molecule has 0 radical (unpaired) electrons. The van der Waals surface area contributed by atoms with Crippen LogP contribution in [-0.4, -0.2) is 17.7 Å². The molecule has 0 amide bonds. The van der Waals surface area contributed by atoms with Gasteiger partial charge in [0.25, 0.3) is 0 Å². The van der Waals surface area contributed by atoms with E-state index in [-0.39, 0.29) is 11.3 Å². The lowest BCUT2D eigenvalue weighted by atomic mass is 10.1. The minimum absolute atomic E-state index is 0.00801. The van der Waals surface area contributed by atoms with Gasteiger partial charge in [-0.3, -0.25) is 0 Å². The molecule has 0 bridgehead atoms. The molecule has 1 rings (SSSR count). The third-order valence-corrected chi connectivity index (χ3v) is 2.36. The molecule has 4 heteroatoms. The number of carboxylic acid groups (broad SMARTS) is 1. The molecule has 17 heavy (non-hydrogen) atoms. The van der Waals surface area contributed by atoms with Crippen molar-refractivity contribution in [3.05, 3.63) is 29.6 Å². The Labute approximate surface area is 100 Å². The number of halogens is 1. The summed E-state index contributed by atoms with van der Waals surface area (Å²) in [6, 6.07) is 3.55. The van der Waals surface area contributed by atoms with Crippen LogP contribution in [0.1, 0.15) is 37.0 Å². The van der Waals surface area contributed by atoms with E-state index in [9.17, 15) is 9.18 Å². The molecular formula is C13H17FO3. The van der Waals surface area contributed by atoms with Gasteiger partial charge in [0.2, 0.25) is 0 Å². The van der Waals surface area contributed by atoms with Crippen LogP contribution in [0.5, 0.6) is 5.75 Å². The zero-order valence-corrected chi connectivity index (χ0v) is 10.1. The van der Waals surface area contributed by atoms with Crippen molar-refractivity contribution in [2.45, 2.75) is 26.7 Å². The minimum atomic E-state index is -1.09. The highest BCUT2D eigenvalue weighted by atomic mass is 19.1. The maximum absolute atomic E-state index is 13.3. The first kappa shape index (κ1) is 13.5. The van der Waals surface area contributed by atoms with Crippen LogP contribution in [0.4, 0.5) is 4.39 Å². The van der Waals surface area contributed by atoms with Crippen LogP contribution in [0, 0.1) is 11.7 Å². The Bertz CT molecular complexity index is 388. The first-order valence-electron chi connectivity index (χ1n) is 5.66. The Balaban J connectivity index is 2.57. The highest BCUT2D eigenvalue weighted by molar-refractivity contribution is 5.88. The van der Waals surface area contributed by atoms with Crippen LogP contribution in [-0.2, 0) is 0 Å². The van der Waals surface area contributed by atoms with Gasteiger partial charge in [-0.15, -0.1) is 0 Å². The van der Waals surface area contributed by atoms with Gasteiger partial charge in [-0.2, -0.15) is 0 Å². The average Bonchev–Trinajstić information content (AvgIpc) is 2.25. The van der Waals surface area contributed by atoms with Gasteiger partial charge >= 0.3 is 5.97 Å². The van der Waals surface area contributed by atoms with Gasteiger partial charge in [-0.25, -0.2) is 9.18 Å². The van der Waals surface area contributed by atoms with E-state index in [0.29, 0.717) is 12.5 Å². The van der Waals surface area contributed by atoms with Crippen molar-refractivity contribution >= 4 is 5.97 Å². The van der Waals surface area contributed by atoms with Gasteiger partial charge in [0.1, 0.15) is 0 Å². The summed E-state index contributed by atoms with van der Waals surface area (Å²) < 4.78 is 18.5. The molecule has 1 N–H and O–H groups in total. The lowest BCUT2D eigenvalue weighted by Gasteiger charge is -2.09. The lowest BCUT2D eigenvalue weighted by molar-refractivity contribution is 0.0696. The highest BCUT2D eigenvalue weighted by Gasteiger charge is 2.09. The standard InChI is InChI=1S/C13H17FO3/c1-9(2)4-3-7-17-12-8-10(13(15)16)5-6-11(12)14/h5-6,8-9H,3-4,7H2,1-2H3,(H,15,16). The molecule has 0 fully saturated rings. The van der Waals surface area contributed by atoms with Crippen molar-refractivity contribution in [2.24, 2.45) is 5.92 Å². The van der Waals surface area contributed by atoms with Crippen LogP contribution >= 0.6 is 0 Å². The molecule has 3 nitrogen and oxygen atoms in total. The molecule has 0 spiro atoms. The van der Waals surface area contributed by atoms with Crippen LogP contribution in [0.3, 0.4) is 0 Å². The summed E-state index contributed by atoms with van der Waals surface area (Å²) >= 11 is 0. The molecule has 0 aliphatic rings. The molecule has 94 valence electrons. The van der Waals surface area contributed by atoms with E-state index in [0.717, 1.165) is 18.9 Å². The van der Waals surface area contributed by atoms with E-state index in [4.69, 9.17) is 9.84 Å². The second-order valence-electron chi connectivity index (χ2n) is 4.33. The lowest BCUT2D eigenvalue weighted by Crippen LogP contribution is -2.03. The molecule has 0 saturated heterocycles. The molecule has 1 aromatic rings. The van der Waals surface area contributed by atoms with Gasteiger partial charge in [-0.05, 0) is 37.0 Å². The van der Waals surface area contributed by atoms with E-state index in [1.54, 1.807) is 0 Å². The van der Waals surface area contributed by atoms with E-state index >= 15 is 0 Å². The Hall–Kier alpha value is -1.58. The predicted octanol–water partition coefficient (Wildman–Crippen LogP) is 3.34. The SMILES string of the molecule is CC(C)CCCOc1cc(C(=O)O)ccc1F. The Morgan fingerprint density at radius 1 is 1.47 bits per heavy atom. The topological polar surface area (TPSA) is 46.5 Å². The quantitative estimate of drug-likeness (QED) is 0.776. The zero-order valence-electron chi connectivity index (χ0n) is 10.1. The van der Waals surface area contributed by atoms with Crippen LogP contribution < -0.4 is 4.74 Å². The minimum Gasteiger partial charge on any atom is -0.490 e. The highest BCUT2D eigenvalue weighted by Crippen LogP contribution is 2.19. The van der Waals surface area contributed by atoms with Crippen LogP contribution in [0.25, 0.3) is 0 Å². The number of carbonyl (C=O) groups is 1. The maximum atomic E-state index is 13.3. The molecule has 0 heterocycles. The maximum Gasteiger partial charge on any atom is 0.335 e. The number of ether oxygens (including phenoxy) is 1.